The Labute approximate surface area is 189 Å². The summed E-state index contributed by atoms with van der Waals surface area (Å²) in [6.07, 6.45) is 24.1. The lowest BCUT2D eigenvalue weighted by Crippen LogP contribution is -2.27. The van der Waals surface area contributed by atoms with Crippen molar-refractivity contribution < 1.29 is 14.9 Å². The van der Waals surface area contributed by atoms with E-state index in [0.29, 0.717) is 12.3 Å². The minimum absolute atomic E-state index is 0.147. The van der Waals surface area contributed by atoms with Gasteiger partial charge in [-0.15, -0.1) is 0 Å². The van der Waals surface area contributed by atoms with Gasteiger partial charge in [0, 0.05) is 6.61 Å². The molecule has 0 aliphatic carbocycles. The number of unbranched alkanes of at least 4 members (excludes halogenated alkanes) is 15. The van der Waals surface area contributed by atoms with Gasteiger partial charge in [-0.1, -0.05) is 124 Å². The van der Waals surface area contributed by atoms with Crippen molar-refractivity contribution in [2.45, 2.75) is 155 Å². The zero-order valence-electron chi connectivity index (χ0n) is 20.9. The highest BCUT2D eigenvalue weighted by atomic mass is 16.5. The second-order valence-electron chi connectivity index (χ2n) is 9.55. The zero-order chi connectivity index (χ0) is 22.3. The summed E-state index contributed by atoms with van der Waals surface area (Å²) in [6, 6.07) is 0. The summed E-state index contributed by atoms with van der Waals surface area (Å²) in [5, 5.41) is 18.9. The summed E-state index contributed by atoms with van der Waals surface area (Å²) < 4.78 is 6.25. The highest BCUT2D eigenvalue weighted by Crippen LogP contribution is 2.21. The van der Waals surface area contributed by atoms with Gasteiger partial charge in [-0.2, -0.15) is 0 Å². The van der Waals surface area contributed by atoms with Crippen LogP contribution in [0.2, 0.25) is 0 Å². The molecule has 0 saturated heterocycles. The molecule has 30 heavy (non-hydrogen) atoms. The van der Waals surface area contributed by atoms with Gasteiger partial charge in [-0.3, -0.25) is 0 Å². The summed E-state index contributed by atoms with van der Waals surface area (Å²) in [4.78, 5) is 0. The molecule has 0 rings (SSSR count). The van der Waals surface area contributed by atoms with Crippen LogP contribution in [-0.4, -0.2) is 35.6 Å². The highest BCUT2D eigenvalue weighted by Gasteiger charge is 2.20. The zero-order valence-corrected chi connectivity index (χ0v) is 20.9. The lowest BCUT2D eigenvalue weighted by molar-refractivity contribution is -0.0145. The Morgan fingerprint density at radius 3 is 1.53 bits per heavy atom. The van der Waals surface area contributed by atoms with Gasteiger partial charge in [-0.05, 0) is 25.2 Å². The van der Waals surface area contributed by atoms with Crippen LogP contribution < -0.4 is 0 Å². The monoisotopic (exact) mass is 428 g/mol. The predicted octanol–water partition coefficient (Wildman–Crippen LogP) is 7.81. The lowest BCUT2D eigenvalue weighted by atomic mass is 9.93. The van der Waals surface area contributed by atoms with E-state index in [4.69, 9.17) is 9.84 Å². The molecule has 3 unspecified atom stereocenters. The van der Waals surface area contributed by atoms with Crippen LogP contribution in [0.3, 0.4) is 0 Å². The minimum atomic E-state index is -0.613. The van der Waals surface area contributed by atoms with E-state index in [9.17, 15) is 5.11 Å². The third kappa shape index (κ3) is 19.8. The van der Waals surface area contributed by atoms with Gasteiger partial charge >= 0.3 is 0 Å². The Bertz CT molecular complexity index is 321. The molecular weight excluding hydrogens is 372 g/mol. The first-order valence-corrected chi connectivity index (χ1v) is 13.6. The van der Waals surface area contributed by atoms with Gasteiger partial charge in [0.1, 0.15) is 0 Å². The van der Waals surface area contributed by atoms with Crippen LogP contribution in [0, 0.1) is 5.92 Å². The summed E-state index contributed by atoms with van der Waals surface area (Å²) >= 11 is 0. The second-order valence-corrected chi connectivity index (χ2v) is 9.55. The molecule has 182 valence electrons. The molecular formula is C27H56O3. The van der Waals surface area contributed by atoms with Crippen molar-refractivity contribution in [2.75, 3.05) is 13.2 Å². The van der Waals surface area contributed by atoms with Gasteiger partial charge in [-0.25, -0.2) is 0 Å². The molecule has 0 fully saturated rings. The van der Waals surface area contributed by atoms with Crippen molar-refractivity contribution in [3.8, 4) is 0 Å². The van der Waals surface area contributed by atoms with E-state index in [2.05, 4.69) is 20.8 Å². The van der Waals surface area contributed by atoms with E-state index in [1.807, 2.05) is 0 Å². The molecule has 0 heterocycles. The van der Waals surface area contributed by atoms with Gasteiger partial charge < -0.3 is 14.9 Å². The van der Waals surface area contributed by atoms with Crippen LogP contribution in [0.1, 0.15) is 143 Å². The molecule has 0 amide bonds. The van der Waals surface area contributed by atoms with Crippen molar-refractivity contribution in [2.24, 2.45) is 5.92 Å². The third-order valence-corrected chi connectivity index (χ3v) is 6.41. The Morgan fingerprint density at radius 2 is 1.07 bits per heavy atom. The molecule has 0 aromatic rings. The SMILES string of the molecule is CCCCCCCCCCCCCCOC(CCCCCCC)C(C)CC(O)CO. The van der Waals surface area contributed by atoms with Crippen molar-refractivity contribution in [3.63, 3.8) is 0 Å². The van der Waals surface area contributed by atoms with Crippen molar-refractivity contribution in [3.05, 3.63) is 0 Å². The molecule has 3 atom stereocenters. The maximum atomic E-state index is 9.80. The molecule has 0 saturated carbocycles. The molecule has 0 bridgehead atoms. The maximum Gasteiger partial charge on any atom is 0.0774 e. The summed E-state index contributed by atoms with van der Waals surface area (Å²) in [5.74, 6) is 0.302. The fraction of sp³-hybridized carbons (Fsp3) is 1.00. The Balaban J connectivity index is 3.79. The summed E-state index contributed by atoms with van der Waals surface area (Å²) in [6.45, 7) is 7.39. The second kappa shape index (κ2) is 23.5. The fourth-order valence-corrected chi connectivity index (χ4v) is 4.31. The van der Waals surface area contributed by atoms with Crippen LogP contribution in [0.25, 0.3) is 0 Å². The van der Waals surface area contributed by atoms with E-state index >= 15 is 0 Å². The third-order valence-electron chi connectivity index (χ3n) is 6.41. The van der Waals surface area contributed by atoms with Crippen LogP contribution >= 0.6 is 0 Å². The van der Waals surface area contributed by atoms with Crippen molar-refractivity contribution in [1.29, 1.82) is 0 Å². The molecule has 0 aromatic heterocycles. The normalized spacial score (nSPS) is 14.7. The van der Waals surface area contributed by atoms with Gasteiger partial charge in [0.15, 0.2) is 0 Å². The number of rotatable bonds is 24. The fourth-order valence-electron chi connectivity index (χ4n) is 4.31. The molecule has 0 spiro atoms. The Kier molecular flexibility index (Phi) is 23.4. The van der Waals surface area contributed by atoms with Crippen LogP contribution in [0.15, 0.2) is 0 Å². The maximum absolute atomic E-state index is 9.80. The first-order valence-electron chi connectivity index (χ1n) is 13.6. The van der Waals surface area contributed by atoms with E-state index < -0.39 is 6.10 Å². The lowest BCUT2D eigenvalue weighted by Gasteiger charge is -2.26. The van der Waals surface area contributed by atoms with Gasteiger partial charge in [0.25, 0.3) is 0 Å². The topological polar surface area (TPSA) is 49.7 Å². The largest absolute Gasteiger partial charge is 0.394 e. The molecule has 0 radical (unpaired) electrons. The standard InChI is InChI=1S/C27H56O3/c1-4-6-8-10-11-12-13-14-15-16-18-20-22-30-27(21-19-17-9-7-5-2)25(3)23-26(29)24-28/h25-29H,4-24H2,1-3H3. The quantitative estimate of drug-likeness (QED) is 0.154. The number of ether oxygens (including phenoxy) is 1. The minimum Gasteiger partial charge on any atom is -0.394 e. The predicted molar refractivity (Wildman–Crippen MR) is 131 cm³/mol. The smallest absolute Gasteiger partial charge is 0.0774 e. The van der Waals surface area contributed by atoms with Gasteiger partial charge in [0.2, 0.25) is 0 Å². The number of aliphatic hydroxyl groups is 2. The highest BCUT2D eigenvalue weighted by molar-refractivity contribution is 4.71. The first-order chi connectivity index (χ1) is 14.7. The molecule has 3 heteroatoms. The molecule has 2 N–H and O–H groups in total. The average molecular weight is 429 g/mol. The van der Waals surface area contributed by atoms with Crippen molar-refractivity contribution >= 4 is 0 Å². The van der Waals surface area contributed by atoms with Gasteiger partial charge in [0.05, 0.1) is 18.8 Å². The summed E-state index contributed by atoms with van der Waals surface area (Å²) in [5.41, 5.74) is 0. The number of aliphatic hydroxyl groups excluding tert-OH is 2. The van der Waals surface area contributed by atoms with E-state index in [1.165, 1.54) is 103 Å². The van der Waals surface area contributed by atoms with Crippen LogP contribution in [0.4, 0.5) is 0 Å². The average Bonchev–Trinajstić information content (AvgIpc) is 2.75. The molecule has 0 aliphatic rings. The molecule has 3 nitrogen and oxygen atoms in total. The first kappa shape index (κ1) is 29.9. The number of hydrogen-bond donors (Lipinski definition) is 2. The van der Waals surface area contributed by atoms with Crippen molar-refractivity contribution in [1.82, 2.24) is 0 Å². The number of hydrogen-bond acceptors (Lipinski definition) is 3. The Morgan fingerprint density at radius 1 is 0.633 bits per heavy atom. The molecule has 0 aliphatic heterocycles. The molecule has 0 aromatic carbocycles. The van der Waals surface area contributed by atoms with E-state index in [0.717, 1.165) is 19.4 Å². The van der Waals surface area contributed by atoms with E-state index in [1.54, 1.807) is 0 Å². The van der Waals surface area contributed by atoms with Crippen LogP contribution in [0.5, 0.6) is 0 Å². The summed E-state index contributed by atoms with van der Waals surface area (Å²) in [7, 11) is 0. The Hall–Kier alpha value is -0.120. The van der Waals surface area contributed by atoms with Crippen LogP contribution in [-0.2, 0) is 4.74 Å². The van der Waals surface area contributed by atoms with E-state index in [-0.39, 0.29) is 12.7 Å².